The fraction of sp³-hybridized carbons (Fsp3) is 0.333. The fourth-order valence-corrected chi connectivity index (χ4v) is 2.47. The van der Waals surface area contributed by atoms with Crippen molar-refractivity contribution >= 4 is 11.5 Å². The highest BCUT2D eigenvalue weighted by Crippen LogP contribution is 2.32. The van der Waals surface area contributed by atoms with Gasteiger partial charge in [0.15, 0.2) is 0 Å². The summed E-state index contributed by atoms with van der Waals surface area (Å²) in [5.41, 5.74) is 0.513. The molecule has 1 atom stereocenters. The molecule has 0 aliphatic carbocycles. The molecule has 0 fully saturated rings. The van der Waals surface area contributed by atoms with Crippen LogP contribution in [0.15, 0.2) is 18.2 Å². The molecule has 3 nitrogen and oxygen atoms in total. The summed E-state index contributed by atoms with van der Waals surface area (Å²) in [6, 6.07) is 3.00. The summed E-state index contributed by atoms with van der Waals surface area (Å²) in [4.78, 5) is 0.453. The molecular formula is C12H12F2N2OS. The van der Waals surface area contributed by atoms with Crippen LogP contribution >= 0.6 is 11.5 Å². The molecule has 0 aliphatic rings. The van der Waals surface area contributed by atoms with E-state index < -0.39 is 17.7 Å². The Kier molecular flexibility index (Phi) is 3.68. The summed E-state index contributed by atoms with van der Waals surface area (Å²) < 4.78 is 30.4. The Morgan fingerprint density at radius 1 is 1.28 bits per heavy atom. The van der Waals surface area contributed by atoms with Gasteiger partial charge in [-0.1, -0.05) is 18.3 Å². The smallest absolute Gasteiger partial charge is 0.129 e. The molecule has 1 heterocycles. The number of halogens is 2. The number of rotatable bonds is 3. The summed E-state index contributed by atoms with van der Waals surface area (Å²) in [5.74, 6) is -1.17. The van der Waals surface area contributed by atoms with E-state index in [9.17, 15) is 13.9 Å². The van der Waals surface area contributed by atoms with E-state index in [0.29, 0.717) is 10.6 Å². The zero-order chi connectivity index (χ0) is 13.3. The van der Waals surface area contributed by atoms with Gasteiger partial charge in [0.2, 0.25) is 0 Å². The van der Waals surface area contributed by atoms with E-state index in [-0.39, 0.29) is 11.5 Å². The summed E-state index contributed by atoms with van der Waals surface area (Å²) >= 11 is 0.995. The van der Waals surface area contributed by atoms with Crippen molar-refractivity contribution in [3.63, 3.8) is 0 Å². The maximum Gasteiger partial charge on any atom is 0.129 e. The Morgan fingerprint density at radius 2 is 2.00 bits per heavy atom. The largest absolute Gasteiger partial charge is 0.383 e. The zero-order valence-corrected chi connectivity index (χ0v) is 10.7. The van der Waals surface area contributed by atoms with Crippen LogP contribution in [0.25, 0.3) is 0 Å². The second-order valence-electron chi connectivity index (χ2n) is 4.25. The Balaban J connectivity index is 2.44. The predicted molar refractivity (Wildman–Crippen MR) is 64.4 cm³/mol. The minimum absolute atomic E-state index is 0.0602. The number of nitrogens with zero attached hydrogens (tertiary/aromatic N) is 2. The van der Waals surface area contributed by atoms with Gasteiger partial charge in [-0.3, -0.25) is 0 Å². The third kappa shape index (κ3) is 2.39. The summed E-state index contributed by atoms with van der Waals surface area (Å²) in [7, 11) is 0. The first-order valence-corrected chi connectivity index (χ1v) is 6.23. The summed E-state index contributed by atoms with van der Waals surface area (Å²) in [5, 5.41) is 14.0. The monoisotopic (exact) mass is 270 g/mol. The molecule has 0 saturated carbocycles. The van der Waals surface area contributed by atoms with Gasteiger partial charge >= 0.3 is 0 Å². The minimum atomic E-state index is -1.24. The van der Waals surface area contributed by atoms with Crippen molar-refractivity contribution in [2.45, 2.75) is 25.9 Å². The molecule has 2 aromatic rings. The van der Waals surface area contributed by atoms with Gasteiger partial charge in [-0.25, -0.2) is 8.78 Å². The van der Waals surface area contributed by atoms with Crippen molar-refractivity contribution in [3.05, 3.63) is 46.0 Å². The molecule has 96 valence electrons. The number of aromatic nitrogens is 2. The Bertz CT molecular complexity index is 557. The molecule has 0 saturated heterocycles. The van der Waals surface area contributed by atoms with E-state index >= 15 is 0 Å². The first-order valence-electron chi connectivity index (χ1n) is 5.46. The van der Waals surface area contributed by atoms with Crippen molar-refractivity contribution in [1.29, 1.82) is 0 Å². The van der Waals surface area contributed by atoms with E-state index in [1.807, 2.05) is 13.8 Å². The Labute approximate surface area is 107 Å². The maximum absolute atomic E-state index is 13.6. The third-order valence-corrected chi connectivity index (χ3v) is 3.38. The predicted octanol–water partition coefficient (Wildman–Crippen LogP) is 3.02. The van der Waals surface area contributed by atoms with E-state index in [2.05, 4.69) is 9.59 Å². The van der Waals surface area contributed by atoms with Gasteiger partial charge in [-0.05, 0) is 35.6 Å². The van der Waals surface area contributed by atoms with Gasteiger partial charge in [-0.2, -0.15) is 0 Å². The second-order valence-corrected chi connectivity index (χ2v) is 5.03. The molecule has 1 unspecified atom stereocenters. The number of benzene rings is 1. The van der Waals surface area contributed by atoms with Crippen molar-refractivity contribution in [3.8, 4) is 0 Å². The first kappa shape index (κ1) is 13.0. The molecular weight excluding hydrogens is 258 g/mol. The molecule has 0 aliphatic heterocycles. The highest BCUT2D eigenvalue weighted by atomic mass is 32.1. The van der Waals surface area contributed by atoms with Crippen molar-refractivity contribution in [1.82, 2.24) is 9.59 Å². The summed E-state index contributed by atoms with van der Waals surface area (Å²) in [6.07, 6.45) is -1.24. The lowest BCUT2D eigenvalue weighted by molar-refractivity contribution is 0.216. The molecule has 18 heavy (non-hydrogen) atoms. The number of aliphatic hydroxyl groups is 1. The lowest BCUT2D eigenvalue weighted by atomic mass is 10.0. The van der Waals surface area contributed by atoms with Crippen molar-refractivity contribution in [2.24, 2.45) is 0 Å². The van der Waals surface area contributed by atoms with Gasteiger partial charge in [-0.15, -0.1) is 5.10 Å². The summed E-state index contributed by atoms with van der Waals surface area (Å²) in [6.45, 7) is 3.80. The highest BCUT2D eigenvalue weighted by Gasteiger charge is 2.23. The quantitative estimate of drug-likeness (QED) is 0.932. The number of hydrogen-bond donors (Lipinski definition) is 1. The highest BCUT2D eigenvalue weighted by molar-refractivity contribution is 7.05. The SMILES string of the molecule is CC(C)c1nnsc1C(O)c1cc(F)ccc1F. The average molecular weight is 270 g/mol. The Hall–Kier alpha value is -1.40. The molecule has 0 radical (unpaired) electrons. The van der Waals surface area contributed by atoms with Crippen LogP contribution in [-0.4, -0.2) is 14.7 Å². The van der Waals surface area contributed by atoms with Crippen LogP contribution in [0.2, 0.25) is 0 Å². The van der Waals surface area contributed by atoms with Crippen molar-refractivity contribution in [2.75, 3.05) is 0 Å². The van der Waals surface area contributed by atoms with Gasteiger partial charge in [0.05, 0.1) is 10.6 Å². The number of hydrogen-bond acceptors (Lipinski definition) is 4. The topological polar surface area (TPSA) is 46.0 Å². The van der Waals surface area contributed by atoms with Crippen LogP contribution in [0.1, 0.15) is 42.0 Å². The van der Waals surface area contributed by atoms with Gasteiger partial charge in [0.25, 0.3) is 0 Å². The molecule has 1 aromatic carbocycles. The van der Waals surface area contributed by atoms with Crippen LogP contribution in [-0.2, 0) is 0 Å². The van der Waals surface area contributed by atoms with Gasteiger partial charge in [0.1, 0.15) is 17.7 Å². The number of aliphatic hydroxyl groups excluding tert-OH is 1. The molecule has 6 heteroatoms. The van der Waals surface area contributed by atoms with E-state index in [1.54, 1.807) is 0 Å². The normalized spacial score (nSPS) is 13.0. The second kappa shape index (κ2) is 5.07. The van der Waals surface area contributed by atoms with Crippen LogP contribution in [0.5, 0.6) is 0 Å². The van der Waals surface area contributed by atoms with E-state index in [4.69, 9.17) is 0 Å². The maximum atomic E-state index is 13.6. The minimum Gasteiger partial charge on any atom is -0.383 e. The van der Waals surface area contributed by atoms with Crippen LogP contribution in [0.4, 0.5) is 8.78 Å². The lowest BCUT2D eigenvalue weighted by Crippen LogP contribution is -2.05. The Morgan fingerprint density at radius 3 is 2.67 bits per heavy atom. The van der Waals surface area contributed by atoms with E-state index in [0.717, 1.165) is 29.7 Å². The van der Waals surface area contributed by atoms with Crippen LogP contribution < -0.4 is 0 Å². The molecule has 0 bridgehead atoms. The molecule has 2 rings (SSSR count). The lowest BCUT2D eigenvalue weighted by Gasteiger charge is -2.12. The fourth-order valence-electron chi connectivity index (χ4n) is 1.66. The molecule has 0 amide bonds. The van der Waals surface area contributed by atoms with Gasteiger partial charge < -0.3 is 5.11 Å². The molecule has 1 N–H and O–H groups in total. The molecule has 0 spiro atoms. The van der Waals surface area contributed by atoms with Crippen LogP contribution in [0.3, 0.4) is 0 Å². The third-order valence-electron chi connectivity index (χ3n) is 2.59. The zero-order valence-electron chi connectivity index (χ0n) is 9.89. The van der Waals surface area contributed by atoms with Crippen LogP contribution in [0, 0.1) is 11.6 Å². The van der Waals surface area contributed by atoms with Crippen molar-refractivity contribution < 1.29 is 13.9 Å². The van der Waals surface area contributed by atoms with E-state index in [1.165, 1.54) is 0 Å². The average Bonchev–Trinajstić information content (AvgIpc) is 2.80. The first-order chi connectivity index (χ1) is 8.50. The molecule has 1 aromatic heterocycles. The van der Waals surface area contributed by atoms with Gasteiger partial charge in [0, 0.05) is 5.56 Å². The standard InChI is InChI=1S/C12H12F2N2OS/c1-6(2)10-12(18-16-15-10)11(17)8-5-7(13)3-4-9(8)14/h3-6,11,17H,1-2H3.